The molecule has 1 fully saturated rings. The molecule has 1 unspecified atom stereocenters. The largest absolute Gasteiger partial charge is 0.352 e. The summed E-state index contributed by atoms with van der Waals surface area (Å²) < 4.78 is 26.3. The molecular weight excluding hydrogens is 274 g/mol. The molecule has 0 radical (unpaired) electrons. The molecule has 0 aliphatic carbocycles. The van der Waals surface area contributed by atoms with Crippen LogP contribution < -0.4 is 10.6 Å². The van der Waals surface area contributed by atoms with E-state index in [9.17, 15) is 13.6 Å². The smallest absolute Gasteiger partial charge is 0.223 e. The molecule has 2 rings (SSSR count). The molecule has 1 aliphatic heterocycles. The first-order valence-corrected chi connectivity index (χ1v) is 6.00. The molecule has 1 aromatic carbocycles. The number of halogens is 3. The quantitative estimate of drug-likeness (QED) is 0.889. The van der Waals surface area contributed by atoms with E-state index in [2.05, 4.69) is 10.6 Å². The fourth-order valence-corrected chi connectivity index (χ4v) is 1.90. The summed E-state index contributed by atoms with van der Waals surface area (Å²) >= 11 is 0. The number of amides is 1. The van der Waals surface area contributed by atoms with Crippen molar-refractivity contribution in [2.45, 2.75) is 13.5 Å². The summed E-state index contributed by atoms with van der Waals surface area (Å²) in [5.74, 6) is -0.901. The van der Waals surface area contributed by atoms with E-state index in [1.54, 1.807) is 0 Å². The Kier molecular flexibility index (Phi) is 5.69. The standard InChI is InChI=1S/C13H16F2N2O.ClH/c1-8(10-5-16-6-10)13(18)17-7-9-4-11(14)2-3-12(9)15;/h2-4,8,10,16H,5-7H2,1H3,(H,17,18);1H. The van der Waals surface area contributed by atoms with Gasteiger partial charge in [-0.2, -0.15) is 0 Å². The van der Waals surface area contributed by atoms with Crippen LogP contribution in [0.15, 0.2) is 18.2 Å². The normalized spacial score (nSPS) is 16.2. The second kappa shape index (κ2) is 6.82. The Hall–Kier alpha value is -1.20. The molecule has 106 valence electrons. The van der Waals surface area contributed by atoms with Gasteiger partial charge in [-0.3, -0.25) is 4.79 Å². The van der Waals surface area contributed by atoms with Crippen molar-refractivity contribution in [3.8, 4) is 0 Å². The third-order valence-electron chi connectivity index (χ3n) is 3.39. The van der Waals surface area contributed by atoms with E-state index < -0.39 is 11.6 Å². The van der Waals surface area contributed by atoms with Crippen molar-refractivity contribution in [2.75, 3.05) is 13.1 Å². The second-order valence-electron chi connectivity index (χ2n) is 4.66. The summed E-state index contributed by atoms with van der Waals surface area (Å²) in [6.07, 6.45) is 0. The van der Waals surface area contributed by atoms with E-state index in [4.69, 9.17) is 0 Å². The van der Waals surface area contributed by atoms with Crippen LogP contribution in [0.1, 0.15) is 12.5 Å². The van der Waals surface area contributed by atoms with E-state index in [-0.39, 0.29) is 36.3 Å². The third-order valence-corrected chi connectivity index (χ3v) is 3.39. The van der Waals surface area contributed by atoms with Gasteiger partial charge in [0.05, 0.1) is 0 Å². The van der Waals surface area contributed by atoms with Crippen LogP contribution >= 0.6 is 12.4 Å². The predicted octanol–water partition coefficient (Wildman–Crippen LogP) is 1.86. The lowest BCUT2D eigenvalue weighted by Gasteiger charge is -2.31. The van der Waals surface area contributed by atoms with E-state index in [0.29, 0.717) is 5.92 Å². The van der Waals surface area contributed by atoms with Gasteiger partial charge in [-0.25, -0.2) is 8.78 Å². The fourth-order valence-electron chi connectivity index (χ4n) is 1.90. The average molecular weight is 291 g/mol. The Labute approximate surface area is 117 Å². The maximum Gasteiger partial charge on any atom is 0.223 e. The van der Waals surface area contributed by atoms with Crippen LogP contribution in [0.25, 0.3) is 0 Å². The highest BCUT2D eigenvalue weighted by Crippen LogP contribution is 2.16. The molecule has 1 heterocycles. The molecule has 0 saturated carbocycles. The van der Waals surface area contributed by atoms with E-state index in [1.807, 2.05) is 6.92 Å². The molecule has 3 nitrogen and oxygen atoms in total. The number of nitrogens with one attached hydrogen (secondary N) is 2. The maximum atomic E-state index is 13.3. The van der Waals surface area contributed by atoms with Gasteiger partial charge in [-0.1, -0.05) is 6.92 Å². The predicted molar refractivity (Wildman–Crippen MR) is 71.0 cm³/mol. The Morgan fingerprint density at radius 3 is 2.74 bits per heavy atom. The fraction of sp³-hybridized carbons (Fsp3) is 0.462. The van der Waals surface area contributed by atoms with Crippen LogP contribution in [-0.2, 0) is 11.3 Å². The molecule has 1 atom stereocenters. The minimum Gasteiger partial charge on any atom is -0.352 e. The van der Waals surface area contributed by atoms with Crippen LogP contribution in [0, 0.1) is 23.5 Å². The van der Waals surface area contributed by atoms with Gasteiger partial charge in [0.15, 0.2) is 0 Å². The van der Waals surface area contributed by atoms with Crippen molar-refractivity contribution < 1.29 is 13.6 Å². The average Bonchev–Trinajstić information content (AvgIpc) is 2.27. The summed E-state index contributed by atoms with van der Waals surface area (Å²) in [6.45, 7) is 3.54. The zero-order valence-corrected chi connectivity index (χ0v) is 11.4. The number of benzene rings is 1. The summed E-state index contributed by atoms with van der Waals surface area (Å²) in [4.78, 5) is 11.8. The van der Waals surface area contributed by atoms with Crippen molar-refractivity contribution in [2.24, 2.45) is 11.8 Å². The molecule has 1 saturated heterocycles. The zero-order valence-electron chi connectivity index (χ0n) is 10.6. The highest BCUT2D eigenvalue weighted by Gasteiger charge is 2.28. The van der Waals surface area contributed by atoms with E-state index in [1.165, 1.54) is 0 Å². The van der Waals surface area contributed by atoms with Gasteiger partial charge in [0.1, 0.15) is 11.6 Å². The van der Waals surface area contributed by atoms with Gasteiger partial charge in [-0.05, 0) is 37.2 Å². The van der Waals surface area contributed by atoms with Crippen molar-refractivity contribution in [3.63, 3.8) is 0 Å². The molecule has 6 heteroatoms. The molecular formula is C13H17ClF2N2O. The van der Waals surface area contributed by atoms with E-state index >= 15 is 0 Å². The zero-order chi connectivity index (χ0) is 13.1. The minimum atomic E-state index is -0.505. The van der Waals surface area contributed by atoms with E-state index in [0.717, 1.165) is 31.3 Å². The van der Waals surface area contributed by atoms with Crippen LogP contribution in [0.4, 0.5) is 8.78 Å². The topological polar surface area (TPSA) is 41.1 Å². The van der Waals surface area contributed by atoms with Crippen LogP contribution in [0.2, 0.25) is 0 Å². The lowest BCUT2D eigenvalue weighted by Crippen LogP contribution is -2.49. The third kappa shape index (κ3) is 3.88. The molecule has 0 aromatic heterocycles. The first-order chi connectivity index (χ1) is 8.58. The van der Waals surface area contributed by atoms with Crippen LogP contribution in [0.5, 0.6) is 0 Å². The van der Waals surface area contributed by atoms with Gasteiger partial charge in [0, 0.05) is 18.0 Å². The first-order valence-electron chi connectivity index (χ1n) is 6.00. The number of hydrogen-bond acceptors (Lipinski definition) is 2. The lowest BCUT2D eigenvalue weighted by atomic mass is 9.88. The summed E-state index contributed by atoms with van der Waals surface area (Å²) in [5, 5.41) is 5.74. The molecule has 1 aromatic rings. The minimum absolute atomic E-state index is 0. The molecule has 19 heavy (non-hydrogen) atoms. The highest BCUT2D eigenvalue weighted by atomic mass is 35.5. The number of rotatable bonds is 4. The van der Waals surface area contributed by atoms with Crippen molar-refractivity contribution >= 4 is 18.3 Å². The van der Waals surface area contributed by atoms with Crippen molar-refractivity contribution in [1.29, 1.82) is 0 Å². The number of carbonyl (C=O) groups is 1. The second-order valence-corrected chi connectivity index (χ2v) is 4.66. The Morgan fingerprint density at radius 2 is 2.16 bits per heavy atom. The highest BCUT2D eigenvalue weighted by molar-refractivity contribution is 5.85. The van der Waals surface area contributed by atoms with Gasteiger partial charge in [0.2, 0.25) is 5.91 Å². The van der Waals surface area contributed by atoms with Crippen molar-refractivity contribution in [3.05, 3.63) is 35.4 Å². The Morgan fingerprint density at radius 1 is 1.47 bits per heavy atom. The Bertz CT molecular complexity index is 452. The summed E-state index contributed by atoms with van der Waals surface area (Å²) in [5.41, 5.74) is 0.169. The molecule has 0 bridgehead atoms. The van der Waals surface area contributed by atoms with Gasteiger partial charge < -0.3 is 10.6 Å². The molecule has 1 aliphatic rings. The lowest BCUT2D eigenvalue weighted by molar-refractivity contribution is -0.126. The van der Waals surface area contributed by atoms with Gasteiger partial charge in [-0.15, -0.1) is 12.4 Å². The monoisotopic (exact) mass is 290 g/mol. The molecule has 2 N–H and O–H groups in total. The molecule has 1 amide bonds. The number of hydrogen-bond donors (Lipinski definition) is 2. The van der Waals surface area contributed by atoms with Crippen molar-refractivity contribution in [1.82, 2.24) is 10.6 Å². The maximum absolute atomic E-state index is 13.3. The van der Waals surface area contributed by atoms with Gasteiger partial charge in [0.25, 0.3) is 0 Å². The summed E-state index contributed by atoms with van der Waals surface area (Å²) in [6, 6.07) is 3.23. The van der Waals surface area contributed by atoms with Gasteiger partial charge >= 0.3 is 0 Å². The SMILES string of the molecule is CC(C(=O)NCc1cc(F)ccc1F)C1CNC1.Cl. The van der Waals surface area contributed by atoms with Crippen LogP contribution in [0.3, 0.4) is 0 Å². The first kappa shape index (κ1) is 15.9. The summed E-state index contributed by atoms with van der Waals surface area (Å²) in [7, 11) is 0. The Balaban J connectivity index is 0.00000180. The number of carbonyl (C=O) groups excluding carboxylic acids is 1. The van der Waals surface area contributed by atoms with Crippen LogP contribution in [-0.4, -0.2) is 19.0 Å². The molecule has 0 spiro atoms.